The Morgan fingerprint density at radius 2 is 1.73 bits per heavy atom. The topological polar surface area (TPSA) is 65.5 Å². The van der Waals surface area contributed by atoms with Crippen LogP contribution in [0.3, 0.4) is 0 Å². The summed E-state index contributed by atoms with van der Waals surface area (Å²) in [5, 5.41) is 2.81. The lowest BCUT2D eigenvalue weighted by molar-refractivity contribution is -0.116. The van der Waals surface area contributed by atoms with Crippen molar-refractivity contribution in [2.45, 2.75) is 12.8 Å². The molecule has 0 aliphatic carbocycles. The Morgan fingerprint density at radius 1 is 1.00 bits per heavy atom. The molecule has 3 rings (SSSR count). The minimum absolute atomic E-state index is 0.0238. The van der Waals surface area contributed by atoms with Gasteiger partial charge in [-0.15, -0.1) is 0 Å². The predicted molar refractivity (Wildman–Crippen MR) is 103 cm³/mol. The Bertz CT molecular complexity index is 738. The fraction of sp³-hybridized carbons (Fsp3) is 0.350. The van der Waals surface area contributed by atoms with E-state index in [0.717, 1.165) is 32.0 Å². The van der Waals surface area contributed by atoms with Crippen LogP contribution in [0.4, 0.5) is 11.5 Å². The number of aromatic nitrogens is 1. The monoisotopic (exact) mass is 352 g/mol. The van der Waals surface area contributed by atoms with E-state index in [1.54, 1.807) is 18.3 Å². The summed E-state index contributed by atoms with van der Waals surface area (Å²) in [5.41, 5.74) is 1.29. The number of nitrogens with one attached hydrogen (secondary N) is 1. The first-order chi connectivity index (χ1) is 12.6. The summed E-state index contributed by atoms with van der Waals surface area (Å²) in [6.45, 7) is 3.96. The van der Waals surface area contributed by atoms with Crippen LogP contribution in [-0.2, 0) is 4.79 Å². The highest BCUT2D eigenvalue weighted by molar-refractivity contribution is 5.99. The van der Waals surface area contributed by atoms with Crippen LogP contribution in [0.5, 0.6) is 0 Å². The lowest BCUT2D eigenvalue weighted by Gasteiger charge is -2.33. The van der Waals surface area contributed by atoms with Gasteiger partial charge in [0.25, 0.3) is 0 Å². The number of benzene rings is 1. The van der Waals surface area contributed by atoms with Crippen LogP contribution in [0.2, 0.25) is 0 Å². The SMILES string of the molecule is CN1CCN(c2ccc(NC(=O)CCC(=O)c3ccccc3)cn2)CC1. The van der Waals surface area contributed by atoms with Gasteiger partial charge in [0.15, 0.2) is 5.78 Å². The number of ketones is 1. The maximum Gasteiger partial charge on any atom is 0.224 e. The van der Waals surface area contributed by atoms with Gasteiger partial charge in [0, 0.05) is 44.6 Å². The first kappa shape index (κ1) is 18.1. The zero-order chi connectivity index (χ0) is 18.4. The van der Waals surface area contributed by atoms with Crippen LogP contribution in [-0.4, -0.2) is 54.8 Å². The summed E-state index contributed by atoms with van der Waals surface area (Å²) in [7, 11) is 2.12. The van der Waals surface area contributed by atoms with Gasteiger partial charge in [-0.25, -0.2) is 4.98 Å². The lowest BCUT2D eigenvalue weighted by atomic mass is 10.1. The maximum absolute atomic E-state index is 12.1. The van der Waals surface area contributed by atoms with Crippen molar-refractivity contribution >= 4 is 23.2 Å². The molecule has 1 aromatic carbocycles. The van der Waals surface area contributed by atoms with E-state index in [-0.39, 0.29) is 24.5 Å². The van der Waals surface area contributed by atoms with Gasteiger partial charge < -0.3 is 15.1 Å². The maximum atomic E-state index is 12.1. The molecular formula is C20H24N4O2. The van der Waals surface area contributed by atoms with Crippen molar-refractivity contribution in [1.29, 1.82) is 0 Å². The summed E-state index contributed by atoms with van der Waals surface area (Å²) >= 11 is 0. The molecule has 1 saturated heterocycles. The average molecular weight is 352 g/mol. The fourth-order valence-electron chi connectivity index (χ4n) is 2.90. The first-order valence-corrected chi connectivity index (χ1v) is 8.89. The highest BCUT2D eigenvalue weighted by atomic mass is 16.2. The molecule has 2 heterocycles. The van der Waals surface area contributed by atoms with E-state index in [4.69, 9.17) is 0 Å². The molecule has 1 fully saturated rings. The van der Waals surface area contributed by atoms with Gasteiger partial charge in [0.1, 0.15) is 5.82 Å². The molecule has 0 unspecified atom stereocenters. The Morgan fingerprint density at radius 3 is 2.38 bits per heavy atom. The van der Waals surface area contributed by atoms with E-state index in [1.165, 1.54) is 0 Å². The highest BCUT2D eigenvalue weighted by Crippen LogP contribution is 2.16. The van der Waals surface area contributed by atoms with E-state index in [0.29, 0.717) is 11.3 Å². The fourth-order valence-corrected chi connectivity index (χ4v) is 2.90. The summed E-state index contributed by atoms with van der Waals surface area (Å²) in [6.07, 6.45) is 2.03. The molecule has 0 spiro atoms. The van der Waals surface area contributed by atoms with Crippen molar-refractivity contribution in [2.75, 3.05) is 43.4 Å². The predicted octanol–water partition coefficient (Wildman–Crippen LogP) is 2.44. The molecule has 6 nitrogen and oxygen atoms in total. The molecule has 0 radical (unpaired) electrons. The molecule has 1 aromatic heterocycles. The van der Waals surface area contributed by atoms with Crippen molar-refractivity contribution in [2.24, 2.45) is 0 Å². The highest BCUT2D eigenvalue weighted by Gasteiger charge is 2.15. The third-order valence-corrected chi connectivity index (χ3v) is 4.53. The minimum Gasteiger partial charge on any atom is -0.354 e. The van der Waals surface area contributed by atoms with Gasteiger partial charge in [-0.2, -0.15) is 0 Å². The Kier molecular flexibility index (Phi) is 5.96. The second-order valence-corrected chi connectivity index (χ2v) is 6.53. The number of hydrogen-bond donors (Lipinski definition) is 1. The molecule has 136 valence electrons. The number of piperazine rings is 1. The standard InChI is InChI=1S/C20H24N4O2/c1-23-11-13-24(14-12-23)19-9-7-17(15-21-19)22-20(26)10-8-18(25)16-5-3-2-4-6-16/h2-7,9,15H,8,10-14H2,1H3,(H,22,26). The van der Waals surface area contributed by atoms with Crippen molar-refractivity contribution < 1.29 is 9.59 Å². The van der Waals surface area contributed by atoms with Crippen LogP contribution >= 0.6 is 0 Å². The molecule has 6 heteroatoms. The molecule has 2 aromatic rings. The largest absolute Gasteiger partial charge is 0.354 e. The number of Topliss-reactive ketones (excluding diaryl/α,β-unsaturated/α-hetero) is 1. The number of pyridine rings is 1. The Labute approximate surface area is 153 Å². The van der Waals surface area contributed by atoms with Crippen molar-refractivity contribution in [3.8, 4) is 0 Å². The minimum atomic E-state index is -0.177. The van der Waals surface area contributed by atoms with Crippen LogP contribution in [0.15, 0.2) is 48.7 Å². The normalized spacial score (nSPS) is 14.9. The number of carbonyl (C=O) groups is 2. The zero-order valence-electron chi connectivity index (χ0n) is 15.0. The van der Waals surface area contributed by atoms with E-state index in [1.807, 2.05) is 30.3 Å². The molecule has 0 saturated carbocycles. The van der Waals surface area contributed by atoms with Gasteiger partial charge in [0.05, 0.1) is 11.9 Å². The van der Waals surface area contributed by atoms with Crippen LogP contribution in [0, 0.1) is 0 Å². The molecule has 26 heavy (non-hydrogen) atoms. The molecule has 1 N–H and O–H groups in total. The van der Waals surface area contributed by atoms with Gasteiger partial charge in [0.2, 0.25) is 5.91 Å². The van der Waals surface area contributed by atoms with E-state index in [2.05, 4.69) is 27.1 Å². The third kappa shape index (κ3) is 4.89. The number of hydrogen-bond acceptors (Lipinski definition) is 5. The summed E-state index contributed by atoms with van der Waals surface area (Å²) in [6, 6.07) is 12.8. The zero-order valence-corrected chi connectivity index (χ0v) is 15.0. The lowest BCUT2D eigenvalue weighted by Crippen LogP contribution is -2.44. The van der Waals surface area contributed by atoms with Gasteiger partial charge in [-0.05, 0) is 19.2 Å². The summed E-state index contributed by atoms with van der Waals surface area (Å²) in [5.74, 6) is 0.725. The van der Waals surface area contributed by atoms with E-state index in [9.17, 15) is 9.59 Å². The second kappa shape index (κ2) is 8.58. The summed E-state index contributed by atoms with van der Waals surface area (Å²) < 4.78 is 0. The van der Waals surface area contributed by atoms with Gasteiger partial charge >= 0.3 is 0 Å². The number of carbonyl (C=O) groups excluding carboxylic acids is 2. The summed E-state index contributed by atoms with van der Waals surface area (Å²) in [4.78, 5) is 33.1. The number of amides is 1. The average Bonchev–Trinajstić information content (AvgIpc) is 2.68. The number of rotatable bonds is 6. The number of nitrogens with zero attached hydrogens (tertiary/aromatic N) is 3. The molecule has 1 aliphatic heterocycles. The van der Waals surface area contributed by atoms with Crippen molar-refractivity contribution in [1.82, 2.24) is 9.88 Å². The molecule has 1 amide bonds. The van der Waals surface area contributed by atoms with Crippen LogP contribution in [0.1, 0.15) is 23.2 Å². The molecular weight excluding hydrogens is 328 g/mol. The molecule has 0 atom stereocenters. The third-order valence-electron chi connectivity index (χ3n) is 4.53. The van der Waals surface area contributed by atoms with Crippen LogP contribution in [0.25, 0.3) is 0 Å². The Hall–Kier alpha value is -2.73. The van der Waals surface area contributed by atoms with Gasteiger partial charge in [-0.1, -0.05) is 30.3 Å². The molecule has 0 bridgehead atoms. The number of likely N-dealkylation sites (N-methyl/N-ethyl adjacent to an activating group) is 1. The quantitative estimate of drug-likeness (QED) is 0.809. The molecule has 1 aliphatic rings. The van der Waals surface area contributed by atoms with Crippen LogP contribution < -0.4 is 10.2 Å². The smallest absolute Gasteiger partial charge is 0.224 e. The van der Waals surface area contributed by atoms with Crippen molar-refractivity contribution in [3.63, 3.8) is 0 Å². The van der Waals surface area contributed by atoms with E-state index < -0.39 is 0 Å². The van der Waals surface area contributed by atoms with Crippen molar-refractivity contribution in [3.05, 3.63) is 54.2 Å². The number of anilines is 2. The van der Waals surface area contributed by atoms with Gasteiger partial charge in [-0.3, -0.25) is 9.59 Å². The van der Waals surface area contributed by atoms with E-state index >= 15 is 0 Å². The first-order valence-electron chi connectivity index (χ1n) is 8.89. The second-order valence-electron chi connectivity index (χ2n) is 6.53. The Balaban J connectivity index is 1.48.